The third kappa shape index (κ3) is 3.68. The van der Waals surface area contributed by atoms with Gasteiger partial charge in [0.2, 0.25) is 10.0 Å². The summed E-state index contributed by atoms with van der Waals surface area (Å²) in [5, 5.41) is 5.94. The summed E-state index contributed by atoms with van der Waals surface area (Å²) in [6.45, 7) is 5.57. The Kier molecular flexibility index (Phi) is 5.33. The van der Waals surface area contributed by atoms with Crippen LogP contribution in [-0.2, 0) is 10.0 Å². The van der Waals surface area contributed by atoms with Crippen LogP contribution in [0.5, 0.6) is 0 Å². The Morgan fingerprint density at radius 2 is 1.92 bits per heavy atom. The van der Waals surface area contributed by atoms with Crippen molar-refractivity contribution < 1.29 is 8.42 Å². The van der Waals surface area contributed by atoms with Crippen LogP contribution >= 0.6 is 11.3 Å². The molecule has 3 rings (SSSR count). The first-order valence-corrected chi connectivity index (χ1v) is 10.3. The molecule has 1 aliphatic heterocycles. The zero-order chi connectivity index (χ0) is 17.0. The first kappa shape index (κ1) is 17.1. The molecule has 1 saturated heterocycles. The molecule has 5 nitrogen and oxygen atoms in total. The van der Waals surface area contributed by atoms with E-state index in [1.807, 2.05) is 17.5 Å². The Morgan fingerprint density at radius 3 is 2.58 bits per heavy atom. The largest absolute Gasteiger partial charge is 0.358 e. The van der Waals surface area contributed by atoms with Crippen LogP contribution in [0, 0.1) is 0 Å². The summed E-state index contributed by atoms with van der Waals surface area (Å²) in [6.07, 6.45) is 4.77. The Balaban J connectivity index is 1.77. The molecular formula is C17H21N3O2S2. The van der Waals surface area contributed by atoms with E-state index in [1.165, 1.54) is 11.3 Å². The Labute approximate surface area is 147 Å². The molecule has 0 saturated carbocycles. The molecule has 0 unspecified atom stereocenters. The molecule has 128 valence electrons. The van der Waals surface area contributed by atoms with E-state index in [0.717, 1.165) is 35.7 Å². The molecule has 0 aliphatic carbocycles. The molecule has 1 fully saturated rings. The summed E-state index contributed by atoms with van der Waals surface area (Å²) in [5.74, 6) is 0. The number of rotatable bonds is 6. The molecule has 0 spiro atoms. The topological polar surface area (TPSA) is 62.3 Å². The molecule has 24 heavy (non-hydrogen) atoms. The molecule has 0 bridgehead atoms. The quantitative estimate of drug-likeness (QED) is 0.797. The number of sulfonamides is 1. The SMILES string of the molecule is C=CCNc1nc(-c2ccc(S(=O)(=O)N3CCCCC3)cc2)cs1. The Bertz CT molecular complexity index is 791. The fourth-order valence-electron chi connectivity index (χ4n) is 2.70. The van der Waals surface area contributed by atoms with Gasteiger partial charge in [0.15, 0.2) is 5.13 Å². The van der Waals surface area contributed by atoms with E-state index >= 15 is 0 Å². The maximum absolute atomic E-state index is 12.7. The van der Waals surface area contributed by atoms with E-state index in [9.17, 15) is 8.42 Å². The number of nitrogens with zero attached hydrogens (tertiary/aromatic N) is 2. The molecule has 1 N–H and O–H groups in total. The van der Waals surface area contributed by atoms with Crippen LogP contribution < -0.4 is 5.32 Å². The van der Waals surface area contributed by atoms with Crippen molar-refractivity contribution in [2.75, 3.05) is 25.0 Å². The highest BCUT2D eigenvalue weighted by atomic mass is 32.2. The van der Waals surface area contributed by atoms with Gasteiger partial charge in [0.25, 0.3) is 0 Å². The van der Waals surface area contributed by atoms with Gasteiger partial charge in [-0.05, 0) is 25.0 Å². The van der Waals surface area contributed by atoms with Crippen molar-refractivity contribution in [3.63, 3.8) is 0 Å². The second-order valence-electron chi connectivity index (χ2n) is 5.70. The van der Waals surface area contributed by atoms with Crippen LogP contribution in [0.3, 0.4) is 0 Å². The molecule has 1 aromatic carbocycles. The normalized spacial score (nSPS) is 16.0. The maximum atomic E-state index is 12.7. The number of hydrogen-bond donors (Lipinski definition) is 1. The predicted octanol–water partition coefficient (Wildman–Crippen LogP) is 3.58. The smallest absolute Gasteiger partial charge is 0.243 e. The molecule has 0 amide bonds. The average Bonchev–Trinajstić information content (AvgIpc) is 3.10. The standard InChI is InChI=1S/C17H21N3O2S2/c1-2-10-18-17-19-16(13-23-17)14-6-8-15(9-7-14)24(21,22)20-11-4-3-5-12-20/h2,6-9,13H,1,3-5,10-12H2,(H,18,19). The highest BCUT2D eigenvalue weighted by Gasteiger charge is 2.25. The zero-order valence-corrected chi connectivity index (χ0v) is 15.1. The molecule has 1 aliphatic rings. The van der Waals surface area contributed by atoms with Crippen LogP contribution in [0.15, 0.2) is 47.2 Å². The Hall–Kier alpha value is -1.70. The van der Waals surface area contributed by atoms with Crippen molar-refractivity contribution in [2.24, 2.45) is 0 Å². The number of benzene rings is 1. The van der Waals surface area contributed by atoms with Crippen LogP contribution in [0.4, 0.5) is 5.13 Å². The van der Waals surface area contributed by atoms with Crippen LogP contribution in [-0.4, -0.2) is 37.3 Å². The van der Waals surface area contributed by atoms with Crippen molar-refractivity contribution >= 4 is 26.5 Å². The minimum atomic E-state index is -3.38. The first-order chi connectivity index (χ1) is 11.6. The van der Waals surface area contributed by atoms with Gasteiger partial charge in [-0.2, -0.15) is 4.31 Å². The minimum absolute atomic E-state index is 0.355. The number of nitrogens with one attached hydrogen (secondary N) is 1. The number of thiazole rings is 1. The van der Waals surface area contributed by atoms with Gasteiger partial charge in [-0.1, -0.05) is 24.6 Å². The van der Waals surface area contributed by atoms with Gasteiger partial charge in [0, 0.05) is 30.6 Å². The van der Waals surface area contributed by atoms with E-state index < -0.39 is 10.0 Å². The van der Waals surface area contributed by atoms with Crippen molar-refractivity contribution in [3.05, 3.63) is 42.3 Å². The molecular weight excluding hydrogens is 342 g/mol. The molecule has 0 atom stereocenters. The number of piperidine rings is 1. The number of hydrogen-bond acceptors (Lipinski definition) is 5. The van der Waals surface area contributed by atoms with Gasteiger partial charge in [-0.15, -0.1) is 17.9 Å². The van der Waals surface area contributed by atoms with Crippen LogP contribution in [0.2, 0.25) is 0 Å². The van der Waals surface area contributed by atoms with E-state index in [2.05, 4.69) is 16.9 Å². The summed E-state index contributed by atoms with van der Waals surface area (Å²) in [7, 11) is -3.38. The fourth-order valence-corrected chi connectivity index (χ4v) is 4.95. The summed E-state index contributed by atoms with van der Waals surface area (Å²) in [5.41, 5.74) is 1.75. The van der Waals surface area contributed by atoms with E-state index in [4.69, 9.17) is 0 Å². The molecule has 7 heteroatoms. The van der Waals surface area contributed by atoms with Crippen molar-refractivity contribution in [3.8, 4) is 11.3 Å². The molecule has 0 radical (unpaired) electrons. The van der Waals surface area contributed by atoms with Gasteiger partial charge < -0.3 is 5.32 Å². The zero-order valence-electron chi connectivity index (χ0n) is 13.4. The van der Waals surface area contributed by atoms with Crippen LogP contribution in [0.1, 0.15) is 19.3 Å². The van der Waals surface area contributed by atoms with E-state index in [1.54, 1.807) is 22.5 Å². The lowest BCUT2D eigenvalue weighted by Gasteiger charge is -2.25. The second kappa shape index (κ2) is 7.46. The fraction of sp³-hybridized carbons (Fsp3) is 0.353. The minimum Gasteiger partial charge on any atom is -0.358 e. The highest BCUT2D eigenvalue weighted by Crippen LogP contribution is 2.27. The molecule has 1 aromatic heterocycles. The average molecular weight is 364 g/mol. The number of aromatic nitrogens is 1. The van der Waals surface area contributed by atoms with Crippen molar-refractivity contribution in [1.29, 1.82) is 0 Å². The van der Waals surface area contributed by atoms with Gasteiger partial charge in [-0.3, -0.25) is 0 Å². The lowest BCUT2D eigenvalue weighted by molar-refractivity contribution is 0.346. The first-order valence-electron chi connectivity index (χ1n) is 8.02. The van der Waals surface area contributed by atoms with Gasteiger partial charge in [0.05, 0.1) is 10.6 Å². The van der Waals surface area contributed by atoms with Crippen molar-refractivity contribution in [2.45, 2.75) is 24.2 Å². The van der Waals surface area contributed by atoms with Gasteiger partial charge in [-0.25, -0.2) is 13.4 Å². The monoisotopic (exact) mass is 363 g/mol. The summed E-state index contributed by atoms with van der Waals surface area (Å²) in [6, 6.07) is 7.00. The van der Waals surface area contributed by atoms with E-state index in [-0.39, 0.29) is 0 Å². The summed E-state index contributed by atoms with van der Waals surface area (Å²) >= 11 is 1.52. The van der Waals surface area contributed by atoms with Gasteiger partial charge >= 0.3 is 0 Å². The van der Waals surface area contributed by atoms with E-state index in [0.29, 0.717) is 24.5 Å². The third-order valence-corrected chi connectivity index (χ3v) is 6.72. The van der Waals surface area contributed by atoms with Crippen LogP contribution in [0.25, 0.3) is 11.3 Å². The third-order valence-electron chi connectivity index (χ3n) is 4.00. The lowest BCUT2D eigenvalue weighted by atomic mass is 10.2. The maximum Gasteiger partial charge on any atom is 0.243 e. The molecule has 2 aromatic rings. The second-order valence-corrected chi connectivity index (χ2v) is 8.49. The molecule has 2 heterocycles. The summed E-state index contributed by atoms with van der Waals surface area (Å²) < 4.78 is 26.9. The van der Waals surface area contributed by atoms with Crippen molar-refractivity contribution in [1.82, 2.24) is 9.29 Å². The van der Waals surface area contributed by atoms with Gasteiger partial charge in [0.1, 0.15) is 0 Å². The Morgan fingerprint density at radius 1 is 1.21 bits per heavy atom. The lowest BCUT2D eigenvalue weighted by Crippen LogP contribution is -2.35. The highest BCUT2D eigenvalue weighted by molar-refractivity contribution is 7.89. The summed E-state index contributed by atoms with van der Waals surface area (Å²) in [4.78, 5) is 4.85. The predicted molar refractivity (Wildman–Crippen MR) is 98.8 cm³/mol. The number of anilines is 1.